The number of nitrogens with one attached hydrogen (secondary N) is 3. The molecule has 0 unspecified atom stereocenters. The fourth-order valence-corrected chi connectivity index (χ4v) is 3.17. The summed E-state index contributed by atoms with van der Waals surface area (Å²) in [6.45, 7) is 0.457. The molecule has 166 valence electrons. The molecule has 1 heterocycles. The number of benzene rings is 3. The Hall–Kier alpha value is -4.46. The predicted octanol–water partition coefficient (Wildman–Crippen LogP) is 4.26. The van der Waals surface area contributed by atoms with E-state index in [2.05, 4.69) is 21.0 Å². The molecule has 7 nitrogen and oxygen atoms in total. The summed E-state index contributed by atoms with van der Waals surface area (Å²) in [4.78, 5) is 24.5. The van der Waals surface area contributed by atoms with E-state index in [0.717, 1.165) is 11.3 Å². The Balaban J connectivity index is 1.25. The number of anilines is 1. The summed E-state index contributed by atoms with van der Waals surface area (Å²) < 4.78 is 15.4. The van der Waals surface area contributed by atoms with E-state index in [1.165, 1.54) is 6.07 Å². The number of hydrogen-bond donors (Lipinski definition) is 3. The Labute approximate surface area is 190 Å². The first kappa shape index (κ1) is 21.8. The third-order valence-corrected chi connectivity index (χ3v) is 4.96. The van der Waals surface area contributed by atoms with Crippen LogP contribution in [-0.2, 0) is 13.1 Å². The van der Waals surface area contributed by atoms with Gasteiger partial charge in [-0.25, -0.2) is 13.9 Å². The van der Waals surface area contributed by atoms with Crippen molar-refractivity contribution in [3.63, 3.8) is 0 Å². The molecule has 4 aromatic rings. The summed E-state index contributed by atoms with van der Waals surface area (Å²) in [5.74, 6) is -0.690. The normalized spacial score (nSPS) is 10.5. The monoisotopic (exact) mass is 443 g/mol. The lowest BCUT2D eigenvalue weighted by molar-refractivity contribution is 0.0950. The zero-order valence-electron chi connectivity index (χ0n) is 17.7. The lowest BCUT2D eigenvalue weighted by Gasteiger charge is -2.10. The minimum Gasteiger partial charge on any atom is -0.348 e. The van der Waals surface area contributed by atoms with Gasteiger partial charge in [0.25, 0.3) is 5.91 Å². The number of carbonyl (C=O) groups is 2. The standard InChI is InChI=1S/C25H22FN5O2/c26-23-5-2-1-4-20(23)17-27-24(32)19-8-10-21(11-9-19)30-25(33)28-16-18-6-12-22(13-7-18)31-15-3-14-29-31/h1-15H,16-17H2,(H,27,32)(H2,28,30,33). The Kier molecular flexibility index (Phi) is 6.75. The van der Waals surface area contributed by atoms with Gasteiger partial charge in [0.1, 0.15) is 5.82 Å². The summed E-state index contributed by atoms with van der Waals surface area (Å²) in [7, 11) is 0. The highest BCUT2D eigenvalue weighted by Gasteiger charge is 2.08. The van der Waals surface area contributed by atoms with Gasteiger partial charge in [-0.15, -0.1) is 0 Å². The second-order valence-electron chi connectivity index (χ2n) is 7.28. The van der Waals surface area contributed by atoms with E-state index in [4.69, 9.17) is 0 Å². The second kappa shape index (κ2) is 10.2. The minimum atomic E-state index is -0.364. The van der Waals surface area contributed by atoms with E-state index in [0.29, 0.717) is 23.4 Å². The number of hydrogen-bond acceptors (Lipinski definition) is 3. The van der Waals surface area contributed by atoms with Crippen LogP contribution in [0.3, 0.4) is 0 Å². The van der Waals surface area contributed by atoms with Crippen molar-refractivity contribution in [3.8, 4) is 5.69 Å². The highest BCUT2D eigenvalue weighted by Crippen LogP contribution is 2.12. The topological polar surface area (TPSA) is 88.1 Å². The molecule has 0 atom stereocenters. The zero-order chi connectivity index (χ0) is 23.0. The van der Waals surface area contributed by atoms with Gasteiger partial charge < -0.3 is 16.0 Å². The van der Waals surface area contributed by atoms with Gasteiger partial charge in [0.2, 0.25) is 0 Å². The van der Waals surface area contributed by atoms with E-state index in [1.54, 1.807) is 53.3 Å². The first-order valence-electron chi connectivity index (χ1n) is 10.3. The van der Waals surface area contributed by atoms with Crippen molar-refractivity contribution < 1.29 is 14.0 Å². The smallest absolute Gasteiger partial charge is 0.319 e. The molecule has 0 aliphatic heterocycles. The van der Waals surface area contributed by atoms with Gasteiger partial charge in [-0.3, -0.25) is 4.79 Å². The molecule has 4 rings (SSSR count). The SMILES string of the molecule is O=C(NCc1ccc(-n2cccn2)cc1)Nc1ccc(C(=O)NCc2ccccc2F)cc1. The lowest BCUT2D eigenvalue weighted by Crippen LogP contribution is -2.28. The van der Waals surface area contributed by atoms with Crippen molar-refractivity contribution in [2.75, 3.05) is 5.32 Å². The first-order valence-corrected chi connectivity index (χ1v) is 10.3. The van der Waals surface area contributed by atoms with Crippen molar-refractivity contribution in [2.45, 2.75) is 13.1 Å². The molecule has 0 saturated carbocycles. The summed E-state index contributed by atoms with van der Waals surface area (Å²) in [6, 6.07) is 21.9. The molecule has 0 fully saturated rings. The van der Waals surface area contributed by atoms with E-state index < -0.39 is 0 Å². The second-order valence-corrected chi connectivity index (χ2v) is 7.28. The molecule has 0 spiro atoms. The highest BCUT2D eigenvalue weighted by molar-refractivity contribution is 5.95. The third kappa shape index (κ3) is 5.82. The van der Waals surface area contributed by atoms with E-state index in [-0.39, 0.29) is 24.3 Å². The molecule has 33 heavy (non-hydrogen) atoms. The van der Waals surface area contributed by atoms with Crippen LogP contribution in [0.4, 0.5) is 14.9 Å². The van der Waals surface area contributed by atoms with Crippen molar-refractivity contribution in [3.05, 3.63) is 114 Å². The molecule has 3 amide bonds. The van der Waals surface area contributed by atoms with Crippen molar-refractivity contribution in [1.29, 1.82) is 0 Å². The number of rotatable bonds is 7. The molecule has 0 saturated heterocycles. The van der Waals surface area contributed by atoms with Gasteiger partial charge >= 0.3 is 6.03 Å². The molecule has 8 heteroatoms. The quantitative estimate of drug-likeness (QED) is 0.399. The van der Waals surface area contributed by atoms with Gasteiger partial charge in [-0.05, 0) is 54.1 Å². The van der Waals surface area contributed by atoms with Crippen LogP contribution in [-0.4, -0.2) is 21.7 Å². The van der Waals surface area contributed by atoms with Crippen molar-refractivity contribution in [2.24, 2.45) is 0 Å². The van der Waals surface area contributed by atoms with Crippen molar-refractivity contribution in [1.82, 2.24) is 20.4 Å². The fraction of sp³-hybridized carbons (Fsp3) is 0.0800. The van der Waals surface area contributed by atoms with Crippen LogP contribution in [0.25, 0.3) is 5.69 Å². The number of carbonyl (C=O) groups excluding carboxylic acids is 2. The van der Waals surface area contributed by atoms with Crippen LogP contribution < -0.4 is 16.0 Å². The minimum absolute atomic E-state index is 0.0941. The largest absolute Gasteiger partial charge is 0.348 e. The number of halogens is 1. The van der Waals surface area contributed by atoms with Gasteiger partial charge in [-0.1, -0.05) is 30.3 Å². The molecule has 3 N–H and O–H groups in total. The average molecular weight is 443 g/mol. The van der Waals surface area contributed by atoms with Gasteiger partial charge in [-0.2, -0.15) is 5.10 Å². The van der Waals surface area contributed by atoms with E-state index >= 15 is 0 Å². The number of urea groups is 1. The number of nitrogens with zero attached hydrogens (tertiary/aromatic N) is 2. The first-order chi connectivity index (χ1) is 16.1. The van der Waals surface area contributed by atoms with Crippen LogP contribution in [0.15, 0.2) is 91.3 Å². The fourth-order valence-electron chi connectivity index (χ4n) is 3.17. The molecular formula is C25H22FN5O2. The predicted molar refractivity (Wildman–Crippen MR) is 123 cm³/mol. The lowest BCUT2D eigenvalue weighted by atomic mass is 10.1. The van der Waals surface area contributed by atoms with Crippen LogP contribution in [0.2, 0.25) is 0 Å². The summed E-state index contributed by atoms with van der Waals surface area (Å²) in [5, 5.41) is 12.4. The highest BCUT2D eigenvalue weighted by atomic mass is 19.1. The van der Waals surface area contributed by atoms with E-state index in [1.807, 2.05) is 36.5 Å². The van der Waals surface area contributed by atoms with Gasteiger partial charge in [0.15, 0.2) is 0 Å². The molecule has 1 aromatic heterocycles. The molecule has 3 aromatic carbocycles. The Morgan fingerprint density at radius 3 is 2.30 bits per heavy atom. The van der Waals surface area contributed by atoms with Crippen molar-refractivity contribution >= 4 is 17.6 Å². The van der Waals surface area contributed by atoms with Gasteiger partial charge in [0.05, 0.1) is 5.69 Å². The average Bonchev–Trinajstić information content (AvgIpc) is 3.38. The number of amides is 3. The third-order valence-electron chi connectivity index (χ3n) is 4.96. The van der Waals surface area contributed by atoms with E-state index in [9.17, 15) is 14.0 Å². The van der Waals surface area contributed by atoms with Crippen LogP contribution in [0.1, 0.15) is 21.5 Å². The molecule has 0 radical (unpaired) electrons. The summed E-state index contributed by atoms with van der Waals surface area (Å²) in [5.41, 5.74) is 3.26. The van der Waals surface area contributed by atoms with Crippen LogP contribution in [0.5, 0.6) is 0 Å². The maximum Gasteiger partial charge on any atom is 0.319 e. The zero-order valence-corrected chi connectivity index (χ0v) is 17.7. The maximum absolute atomic E-state index is 13.7. The molecular weight excluding hydrogens is 421 g/mol. The Morgan fingerprint density at radius 1 is 0.848 bits per heavy atom. The maximum atomic E-state index is 13.7. The molecule has 0 aliphatic rings. The van der Waals surface area contributed by atoms with Crippen LogP contribution >= 0.6 is 0 Å². The van der Waals surface area contributed by atoms with Crippen LogP contribution in [0, 0.1) is 5.82 Å². The Morgan fingerprint density at radius 2 is 1.61 bits per heavy atom. The molecule has 0 bridgehead atoms. The number of aromatic nitrogens is 2. The Bertz CT molecular complexity index is 1220. The molecule has 0 aliphatic carbocycles. The summed E-state index contributed by atoms with van der Waals surface area (Å²) in [6.07, 6.45) is 3.57. The summed E-state index contributed by atoms with van der Waals surface area (Å²) >= 11 is 0. The van der Waals surface area contributed by atoms with Gasteiger partial charge in [0, 0.05) is 42.3 Å².